The fourth-order valence-corrected chi connectivity index (χ4v) is 4.13. The first-order valence-electron chi connectivity index (χ1n) is 11.2. The van der Waals surface area contributed by atoms with Crippen molar-refractivity contribution in [3.63, 3.8) is 0 Å². The van der Waals surface area contributed by atoms with Crippen molar-refractivity contribution < 1.29 is 28.2 Å². The predicted molar refractivity (Wildman–Crippen MR) is 124 cm³/mol. The summed E-state index contributed by atoms with van der Waals surface area (Å²) in [6, 6.07) is 12.4. The molecule has 0 unspecified atom stereocenters. The number of halogens is 1. The predicted octanol–water partition coefficient (Wildman–Crippen LogP) is 3.45. The monoisotopic (exact) mass is 475 g/mol. The number of ether oxygens (including phenoxy) is 2. The van der Waals surface area contributed by atoms with E-state index in [4.69, 9.17) is 9.47 Å². The Hall–Kier alpha value is -4.27. The third-order valence-corrected chi connectivity index (χ3v) is 6.00. The lowest BCUT2D eigenvalue weighted by atomic mass is 9.95. The molecule has 3 heterocycles. The molecular formula is C26H22FN3O5. The van der Waals surface area contributed by atoms with Crippen molar-refractivity contribution in [2.45, 2.75) is 19.3 Å². The maximum atomic E-state index is 13.0. The van der Waals surface area contributed by atoms with E-state index >= 15 is 0 Å². The topological polar surface area (TPSA) is 107 Å². The van der Waals surface area contributed by atoms with Gasteiger partial charge in [-0.2, -0.15) is 0 Å². The summed E-state index contributed by atoms with van der Waals surface area (Å²) in [5.41, 5.74) is 1.98. The Morgan fingerprint density at radius 1 is 1.14 bits per heavy atom. The SMILES string of the molecule is O=C1CCc2c(Oc3ccc4c(c3)C[C@H](C(=O)NCC(=O)c3ccc(F)cc3)CO4)ccnc2N1. The quantitative estimate of drug-likeness (QED) is 0.529. The van der Waals surface area contributed by atoms with Gasteiger partial charge in [-0.05, 0) is 66.9 Å². The van der Waals surface area contributed by atoms with E-state index in [9.17, 15) is 18.8 Å². The lowest BCUT2D eigenvalue weighted by molar-refractivity contribution is -0.126. The number of aromatic nitrogens is 1. The van der Waals surface area contributed by atoms with Gasteiger partial charge in [-0.25, -0.2) is 9.37 Å². The lowest BCUT2D eigenvalue weighted by Crippen LogP contribution is -2.39. The molecular weight excluding hydrogens is 453 g/mol. The van der Waals surface area contributed by atoms with E-state index in [-0.39, 0.29) is 30.7 Å². The smallest absolute Gasteiger partial charge is 0.227 e. The van der Waals surface area contributed by atoms with Crippen LogP contribution in [0.1, 0.15) is 27.9 Å². The maximum Gasteiger partial charge on any atom is 0.227 e. The van der Waals surface area contributed by atoms with Gasteiger partial charge in [0.05, 0.1) is 12.5 Å². The number of hydrogen-bond acceptors (Lipinski definition) is 6. The largest absolute Gasteiger partial charge is 0.492 e. The third kappa shape index (κ3) is 4.98. The van der Waals surface area contributed by atoms with Crippen LogP contribution >= 0.6 is 0 Å². The molecule has 0 fully saturated rings. The summed E-state index contributed by atoms with van der Waals surface area (Å²) in [5.74, 6) is 0.798. The number of ketones is 1. The summed E-state index contributed by atoms with van der Waals surface area (Å²) in [6.07, 6.45) is 2.91. The number of Topliss-reactive ketones (excluding diaryl/α,β-unsaturated/α-hetero) is 1. The van der Waals surface area contributed by atoms with Gasteiger partial charge in [-0.3, -0.25) is 14.4 Å². The van der Waals surface area contributed by atoms with Crippen molar-refractivity contribution in [3.05, 3.63) is 77.2 Å². The average Bonchev–Trinajstić information content (AvgIpc) is 2.87. The standard InChI is InChI=1S/C26H22FN3O5/c27-18-3-1-15(2-4-18)21(31)13-29-26(33)17-11-16-12-19(5-7-22(16)34-14-17)35-23-9-10-28-25-20(23)6-8-24(32)30-25/h1-5,7,9-10,12,17H,6,8,11,13-14H2,(H,29,33)(H,28,30,32)/t17-/m0/s1. The Bertz CT molecular complexity index is 1310. The zero-order valence-electron chi connectivity index (χ0n) is 18.7. The third-order valence-electron chi connectivity index (χ3n) is 6.00. The number of carbonyl (C=O) groups excluding carboxylic acids is 3. The molecule has 0 saturated carbocycles. The van der Waals surface area contributed by atoms with Crippen LogP contribution in [0.2, 0.25) is 0 Å². The van der Waals surface area contributed by atoms with E-state index in [0.717, 1.165) is 11.1 Å². The van der Waals surface area contributed by atoms with Gasteiger partial charge in [-0.1, -0.05) is 0 Å². The molecule has 2 amide bonds. The second-order valence-electron chi connectivity index (χ2n) is 8.42. The Kier molecular flexibility index (Phi) is 6.13. The van der Waals surface area contributed by atoms with Crippen LogP contribution in [0.3, 0.4) is 0 Å². The molecule has 0 aliphatic carbocycles. The zero-order valence-corrected chi connectivity index (χ0v) is 18.7. The number of nitrogens with zero attached hydrogens (tertiary/aromatic N) is 1. The summed E-state index contributed by atoms with van der Waals surface area (Å²) in [5, 5.41) is 5.41. The first kappa shape index (κ1) is 22.5. The van der Waals surface area contributed by atoms with E-state index in [1.807, 2.05) is 6.07 Å². The molecule has 35 heavy (non-hydrogen) atoms. The van der Waals surface area contributed by atoms with Crippen LogP contribution in [0.4, 0.5) is 10.2 Å². The van der Waals surface area contributed by atoms with Crippen molar-refractivity contribution in [3.8, 4) is 17.2 Å². The van der Waals surface area contributed by atoms with Gasteiger partial charge >= 0.3 is 0 Å². The van der Waals surface area contributed by atoms with Crippen molar-refractivity contribution in [2.24, 2.45) is 5.92 Å². The lowest BCUT2D eigenvalue weighted by Gasteiger charge is -2.25. The number of hydrogen-bond donors (Lipinski definition) is 2. The maximum absolute atomic E-state index is 13.0. The molecule has 1 atom stereocenters. The fourth-order valence-electron chi connectivity index (χ4n) is 4.13. The summed E-state index contributed by atoms with van der Waals surface area (Å²) in [6.45, 7) is 0.0159. The van der Waals surface area contributed by atoms with E-state index in [0.29, 0.717) is 47.9 Å². The molecule has 2 N–H and O–H groups in total. The zero-order chi connectivity index (χ0) is 24.4. The number of pyridine rings is 1. The van der Waals surface area contributed by atoms with Crippen LogP contribution in [-0.2, 0) is 22.4 Å². The van der Waals surface area contributed by atoms with Gasteiger partial charge in [0.1, 0.15) is 35.5 Å². The van der Waals surface area contributed by atoms with Crippen molar-refractivity contribution in [1.82, 2.24) is 10.3 Å². The first-order chi connectivity index (χ1) is 17.0. The molecule has 178 valence electrons. The molecule has 9 heteroatoms. The second kappa shape index (κ2) is 9.54. The van der Waals surface area contributed by atoms with Crippen LogP contribution in [0.15, 0.2) is 54.7 Å². The minimum atomic E-state index is -0.470. The Morgan fingerprint density at radius 2 is 1.97 bits per heavy atom. The number of nitrogens with one attached hydrogen (secondary N) is 2. The van der Waals surface area contributed by atoms with Crippen LogP contribution in [0.25, 0.3) is 0 Å². The normalized spacial score (nSPS) is 16.3. The van der Waals surface area contributed by atoms with Crippen LogP contribution in [-0.4, -0.2) is 35.7 Å². The Morgan fingerprint density at radius 3 is 2.80 bits per heavy atom. The highest BCUT2D eigenvalue weighted by Gasteiger charge is 2.27. The fraction of sp³-hybridized carbons (Fsp3) is 0.231. The summed E-state index contributed by atoms with van der Waals surface area (Å²) >= 11 is 0. The average molecular weight is 475 g/mol. The molecule has 2 aliphatic rings. The molecule has 0 saturated heterocycles. The summed E-state index contributed by atoms with van der Waals surface area (Å²) < 4.78 is 24.9. The van der Waals surface area contributed by atoms with Crippen molar-refractivity contribution in [1.29, 1.82) is 0 Å². The Balaban J connectivity index is 1.24. The molecule has 2 aliphatic heterocycles. The van der Waals surface area contributed by atoms with Crippen molar-refractivity contribution >= 4 is 23.4 Å². The first-order valence-corrected chi connectivity index (χ1v) is 11.2. The molecule has 0 bridgehead atoms. The van der Waals surface area contributed by atoms with Crippen LogP contribution < -0.4 is 20.1 Å². The summed E-state index contributed by atoms with van der Waals surface area (Å²) in [7, 11) is 0. The van der Waals surface area contributed by atoms with E-state index in [2.05, 4.69) is 15.6 Å². The number of rotatable bonds is 6. The number of benzene rings is 2. The highest BCUT2D eigenvalue weighted by Crippen LogP contribution is 2.36. The summed E-state index contributed by atoms with van der Waals surface area (Å²) in [4.78, 5) is 40.8. The number of amides is 2. The van der Waals surface area contributed by atoms with Gasteiger partial charge in [-0.15, -0.1) is 0 Å². The van der Waals surface area contributed by atoms with E-state index in [1.165, 1.54) is 24.3 Å². The minimum absolute atomic E-state index is 0.0724. The number of fused-ring (bicyclic) bond motifs is 2. The van der Waals surface area contributed by atoms with Gasteiger partial charge < -0.3 is 20.1 Å². The molecule has 1 aromatic heterocycles. The molecule has 8 nitrogen and oxygen atoms in total. The minimum Gasteiger partial charge on any atom is -0.492 e. The van der Waals surface area contributed by atoms with Gasteiger partial charge in [0, 0.05) is 23.7 Å². The molecule has 0 radical (unpaired) electrons. The van der Waals surface area contributed by atoms with Crippen molar-refractivity contribution in [2.75, 3.05) is 18.5 Å². The molecule has 5 rings (SSSR count). The highest BCUT2D eigenvalue weighted by atomic mass is 19.1. The number of anilines is 1. The van der Waals surface area contributed by atoms with E-state index in [1.54, 1.807) is 24.4 Å². The van der Waals surface area contributed by atoms with Crippen LogP contribution in [0.5, 0.6) is 17.2 Å². The van der Waals surface area contributed by atoms with Gasteiger partial charge in [0.15, 0.2) is 5.78 Å². The molecule has 3 aromatic rings. The second-order valence-corrected chi connectivity index (χ2v) is 8.42. The van der Waals surface area contributed by atoms with Gasteiger partial charge in [0.25, 0.3) is 0 Å². The Labute approximate surface area is 200 Å². The molecule has 0 spiro atoms. The van der Waals surface area contributed by atoms with Gasteiger partial charge in [0.2, 0.25) is 11.8 Å². The molecule has 2 aromatic carbocycles. The van der Waals surface area contributed by atoms with Crippen LogP contribution in [0, 0.1) is 11.7 Å². The highest BCUT2D eigenvalue weighted by molar-refractivity contribution is 5.99. The van der Waals surface area contributed by atoms with E-state index < -0.39 is 11.7 Å². The number of carbonyl (C=O) groups is 3.